The molecular weight excluding hydrogens is 411 g/mol. The quantitative estimate of drug-likeness (QED) is 0.540. The zero-order chi connectivity index (χ0) is 22.3. The van der Waals surface area contributed by atoms with E-state index in [0.717, 1.165) is 21.7 Å². The Hall–Kier alpha value is -3.52. The van der Waals surface area contributed by atoms with Gasteiger partial charge in [-0.25, -0.2) is 0 Å². The van der Waals surface area contributed by atoms with Crippen LogP contribution in [0.1, 0.15) is 11.3 Å². The Bertz CT molecular complexity index is 1340. The lowest BCUT2D eigenvalue weighted by molar-refractivity contribution is -0.872. The van der Waals surface area contributed by atoms with Gasteiger partial charge in [-0.05, 0) is 29.0 Å². The summed E-state index contributed by atoms with van der Waals surface area (Å²) in [6, 6.07) is 14.3. The molecule has 0 radical (unpaired) electrons. The molecule has 1 aromatic heterocycles. The van der Waals surface area contributed by atoms with Gasteiger partial charge in [0.05, 0.1) is 19.5 Å². The van der Waals surface area contributed by atoms with E-state index < -0.39 is 28.9 Å². The van der Waals surface area contributed by atoms with Gasteiger partial charge in [0.1, 0.15) is 17.9 Å². The number of ether oxygens (including phenoxy) is 1. The highest BCUT2D eigenvalue weighted by molar-refractivity contribution is 5.85. The Morgan fingerprint density at radius 2 is 1.74 bits per heavy atom. The maximum Gasteiger partial charge on any atom is 0.453 e. The maximum absolute atomic E-state index is 13.8. The molecule has 0 unspecified atom stereocenters. The van der Waals surface area contributed by atoms with E-state index in [-0.39, 0.29) is 28.8 Å². The average molecular weight is 429 g/mol. The molecule has 1 N–H and O–H groups in total. The number of fused-ring (bicyclic) bond motifs is 2. The van der Waals surface area contributed by atoms with Gasteiger partial charge in [0, 0.05) is 5.56 Å². The van der Waals surface area contributed by atoms with Crippen LogP contribution < -0.4 is 20.2 Å². The van der Waals surface area contributed by atoms with E-state index in [1.54, 1.807) is 38.4 Å². The van der Waals surface area contributed by atoms with Crippen molar-refractivity contribution >= 4 is 21.7 Å². The summed E-state index contributed by atoms with van der Waals surface area (Å²) in [5.74, 6) is -2.96. The summed E-state index contributed by atoms with van der Waals surface area (Å²) in [6.45, 7) is 0.0985. The van der Waals surface area contributed by atoms with Gasteiger partial charge in [0.15, 0.2) is 0 Å². The van der Waals surface area contributed by atoms with Crippen LogP contribution in [-0.4, -0.2) is 14.1 Å². The second-order valence-electron chi connectivity index (χ2n) is 7.50. The van der Waals surface area contributed by atoms with Crippen LogP contribution >= 0.6 is 0 Å². The molecule has 0 aliphatic rings. The molecule has 0 amide bonds. The lowest BCUT2D eigenvalue weighted by atomic mass is 10.1. The molecule has 0 aliphatic heterocycles. The van der Waals surface area contributed by atoms with Gasteiger partial charge in [-0.1, -0.05) is 42.1 Å². The van der Waals surface area contributed by atoms with E-state index in [0.29, 0.717) is 0 Å². The zero-order valence-corrected chi connectivity index (χ0v) is 16.7. The Kier molecular flexibility index (Phi) is 5.10. The first-order valence-electron chi connectivity index (χ1n) is 9.47. The number of quaternary nitrogens is 1. The molecule has 5 nitrogen and oxygen atoms in total. The van der Waals surface area contributed by atoms with Crippen LogP contribution in [0.25, 0.3) is 21.7 Å². The number of nitrogens with one attached hydrogen (secondary N) is 1. The number of benzene rings is 3. The van der Waals surface area contributed by atoms with Gasteiger partial charge in [0.25, 0.3) is 5.76 Å². The highest BCUT2D eigenvalue weighted by atomic mass is 19.4. The zero-order valence-electron chi connectivity index (χ0n) is 16.7. The molecule has 0 spiro atoms. The summed E-state index contributed by atoms with van der Waals surface area (Å²) in [4.78, 5) is 13.8. The minimum Gasteiger partial charge on any atom is -0.872 e. The lowest BCUT2D eigenvalue weighted by Crippen LogP contribution is -3.04. The first-order chi connectivity index (χ1) is 14.6. The monoisotopic (exact) mass is 429 g/mol. The van der Waals surface area contributed by atoms with Crippen LogP contribution in [0.5, 0.6) is 17.2 Å². The second-order valence-corrected chi connectivity index (χ2v) is 7.50. The fourth-order valence-electron chi connectivity index (χ4n) is 3.43. The van der Waals surface area contributed by atoms with E-state index in [4.69, 9.17) is 9.15 Å². The number of hydrogen-bond acceptors (Lipinski definition) is 4. The summed E-state index contributed by atoms with van der Waals surface area (Å²) in [5, 5.41) is 13.7. The van der Waals surface area contributed by atoms with Crippen molar-refractivity contribution in [2.75, 3.05) is 14.1 Å². The van der Waals surface area contributed by atoms with Crippen molar-refractivity contribution < 1.29 is 32.3 Å². The third kappa shape index (κ3) is 3.94. The summed E-state index contributed by atoms with van der Waals surface area (Å²) in [5.41, 5.74) is -1.34. The molecule has 0 saturated heterocycles. The second kappa shape index (κ2) is 7.63. The van der Waals surface area contributed by atoms with Crippen molar-refractivity contribution in [2.24, 2.45) is 0 Å². The van der Waals surface area contributed by atoms with E-state index in [2.05, 4.69) is 0 Å². The molecule has 0 fully saturated rings. The Labute approximate surface area is 174 Å². The first kappa shape index (κ1) is 20.7. The predicted octanol–water partition coefficient (Wildman–Crippen LogP) is 3.48. The van der Waals surface area contributed by atoms with Gasteiger partial charge < -0.3 is 19.2 Å². The van der Waals surface area contributed by atoms with Crippen molar-refractivity contribution in [3.05, 3.63) is 76.1 Å². The molecule has 160 valence electrons. The van der Waals surface area contributed by atoms with Gasteiger partial charge in [-0.15, -0.1) is 0 Å². The van der Waals surface area contributed by atoms with Crippen LogP contribution in [0, 0.1) is 0 Å². The number of alkyl halides is 3. The normalized spacial score (nSPS) is 12.1. The first-order valence-corrected chi connectivity index (χ1v) is 9.47. The van der Waals surface area contributed by atoms with Gasteiger partial charge >= 0.3 is 6.18 Å². The number of halogens is 3. The Balaban J connectivity index is 1.94. The summed E-state index contributed by atoms with van der Waals surface area (Å²) in [7, 11) is 3.47. The van der Waals surface area contributed by atoms with E-state index in [1.165, 1.54) is 12.1 Å². The topological polar surface area (TPSA) is 66.9 Å². The van der Waals surface area contributed by atoms with Crippen LogP contribution in [0.2, 0.25) is 0 Å². The highest BCUT2D eigenvalue weighted by Gasteiger charge is 2.41. The van der Waals surface area contributed by atoms with E-state index in [1.807, 2.05) is 12.1 Å². The van der Waals surface area contributed by atoms with Crippen molar-refractivity contribution in [1.82, 2.24) is 0 Å². The third-order valence-electron chi connectivity index (χ3n) is 4.81. The third-order valence-corrected chi connectivity index (χ3v) is 4.81. The molecule has 31 heavy (non-hydrogen) atoms. The summed E-state index contributed by atoms with van der Waals surface area (Å²) in [6.07, 6.45) is -5.00. The van der Waals surface area contributed by atoms with E-state index >= 15 is 0 Å². The van der Waals surface area contributed by atoms with Gasteiger partial charge in [-0.3, -0.25) is 4.79 Å². The minimum absolute atomic E-state index is 0.0114. The number of rotatable bonds is 4. The molecular formula is C23H18F3NO4. The van der Waals surface area contributed by atoms with Crippen LogP contribution in [-0.2, 0) is 12.7 Å². The fraction of sp³-hybridized carbons (Fsp3) is 0.174. The maximum atomic E-state index is 13.8. The van der Waals surface area contributed by atoms with Gasteiger partial charge in [-0.2, -0.15) is 13.2 Å². The molecule has 0 saturated carbocycles. The van der Waals surface area contributed by atoms with Crippen LogP contribution in [0.4, 0.5) is 13.2 Å². The Morgan fingerprint density at radius 3 is 2.42 bits per heavy atom. The van der Waals surface area contributed by atoms with Crippen molar-refractivity contribution in [3.8, 4) is 17.2 Å². The molecule has 1 heterocycles. The van der Waals surface area contributed by atoms with Crippen molar-refractivity contribution in [1.29, 1.82) is 0 Å². The van der Waals surface area contributed by atoms with Crippen molar-refractivity contribution in [3.63, 3.8) is 0 Å². The molecule has 8 heteroatoms. The summed E-state index contributed by atoms with van der Waals surface area (Å²) < 4.78 is 52.0. The predicted molar refractivity (Wildman–Crippen MR) is 107 cm³/mol. The lowest BCUT2D eigenvalue weighted by Gasteiger charge is -2.19. The van der Waals surface area contributed by atoms with Crippen LogP contribution in [0.3, 0.4) is 0 Å². The minimum atomic E-state index is -5.00. The molecule has 4 aromatic rings. The summed E-state index contributed by atoms with van der Waals surface area (Å²) >= 11 is 0. The fourth-order valence-corrected chi connectivity index (χ4v) is 3.43. The standard InChI is InChI=1S/C23H18F3NO4/c1-27(2)12-17-18(28)10-9-16-19(29)21(22(23(24,25)26)31-20(16)17)30-15-8-7-13-5-3-4-6-14(13)11-15/h3-11,28H,12H2,1-2H3. The molecule has 0 atom stereocenters. The van der Waals surface area contributed by atoms with E-state index in [9.17, 15) is 23.1 Å². The van der Waals surface area contributed by atoms with Gasteiger partial charge in [0.2, 0.25) is 11.2 Å². The molecule has 4 rings (SSSR count). The Morgan fingerprint density at radius 1 is 1.03 bits per heavy atom. The highest BCUT2D eigenvalue weighted by Crippen LogP contribution is 2.39. The number of hydrogen-bond donors (Lipinski definition) is 1. The molecule has 0 aliphatic carbocycles. The molecule has 0 bridgehead atoms. The molecule has 3 aromatic carbocycles. The SMILES string of the molecule is C[NH+](C)Cc1c([O-])ccc2c(=O)c(Oc3ccc4ccccc4c3)c(C(F)(F)F)oc12. The average Bonchev–Trinajstić information content (AvgIpc) is 2.70. The smallest absolute Gasteiger partial charge is 0.453 e. The van der Waals surface area contributed by atoms with Crippen LogP contribution in [0.15, 0.2) is 63.8 Å². The largest absolute Gasteiger partial charge is 0.872 e. The van der Waals surface area contributed by atoms with Crippen molar-refractivity contribution in [2.45, 2.75) is 12.7 Å².